The number of nitrogens with one attached hydrogen (secondary N) is 3. The SMILES string of the molecule is O=C1Nc2c(Cl)cc3cc(C(=O)NC4(C5CCOCC5)CC4)oc3c2C2(CCCCC2)N1. The number of benzene rings is 1. The summed E-state index contributed by atoms with van der Waals surface area (Å²) >= 11 is 6.60. The quantitative estimate of drug-likeness (QED) is 0.600. The summed E-state index contributed by atoms with van der Waals surface area (Å²) < 4.78 is 11.7. The molecule has 7 nitrogen and oxygen atoms in total. The second-order valence-corrected chi connectivity index (χ2v) is 10.3. The minimum Gasteiger partial charge on any atom is -0.450 e. The van der Waals surface area contributed by atoms with Crippen LogP contribution >= 0.6 is 11.6 Å². The van der Waals surface area contributed by atoms with Crippen LogP contribution in [0.1, 0.15) is 73.9 Å². The molecule has 0 unspecified atom stereocenters. The zero-order chi connectivity index (χ0) is 21.9. The van der Waals surface area contributed by atoms with Crippen LogP contribution in [0.5, 0.6) is 0 Å². The fourth-order valence-corrected chi connectivity index (χ4v) is 6.36. The van der Waals surface area contributed by atoms with Gasteiger partial charge < -0.3 is 25.1 Å². The standard InChI is InChI=1S/C24H28ClN3O4/c25-16-12-14-13-17(21(29)27-23(8-9-23)15-4-10-31-11-5-15)32-20(14)18-19(16)26-22(30)28-24(18)6-2-1-3-7-24/h12-13,15H,1-11H2,(H,27,29)(H2,26,28,30). The number of fused-ring (bicyclic) bond motifs is 4. The molecule has 1 aromatic carbocycles. The second-order valence-electron chi connectivity index (χ2n) is 9.86. The highest BCUT2D eigenvalue weighted by atomic mass is 35.5. The van der Waals surface area contributed by atoms with Gasteiger partial charge >= 0.3 is 6.03 Å². The Kier molecular flexibility index (Phi) is 4.70. The van der Waals surface area contributed by atoms with E-state index in [-0.39, 0.29) is 17.5 Å². The molecule has 32 heavy (non-hydrogen) atoms. The number of carbonyl (C=O) groups is 2. The van der Waals surface area contributed by atoms with Gasteiger partial charge in [-0.25, -0.2) is 4.79 Å². The van der Waals surface area contributed by atoms with E-state index in [0.717, 1.165) is 82.0 Å². The van der Waals surface area contributed by atoms with Crippen molar-refractivity contribution >= 4 is 40.2 Å². The van der Waals surface area contributed by atoms with Crippen molar-refractivity contribution < 1.29 is 18.7 Å². The molecule has 6 rings (SSSR count). The Balaban J connectivity index is 1.37. The minimum atomic E-state index is -0.509. The van der Waals surface area contributed by atoms with Crippen molar-refractivity contribution in [3.63, 3.8) is 0 Å². The zero-order valence-electron chi connectivity index (χ0n) is 18.0. The summed E-state index contributed by atoms with van der Waals surface area (Å²) in [6, 6.07) is 3.32. The molecule has 0 atom stereocenters. The van der Waals surface area contributed by atoms with E-state index in [1.807, 2.05) is 0 Å². The highest BCUT2D eigenvalue weighted by molar-refractivity contribution is 6.35. The Bertz CT molecular complexity index is 1090. The molecule has 170 valence electrons. The van der Waals surface area contributed by atoms with Crippen LogP contribution in [0.15, 0.2) is 16.5 Å². The van der Waals surface area contributed by atoms with Crippen LogP contribution in [-0.4, -0.2) is 30.7 Å². The van der Waals surface area contributed by atoms with Crippen molar-refractivity contribution in [3.8, 4) is 0 Å². The number of urea groups is 1. The van der Waals surface area contributed by atoms with Crippen molar-refractivity contribution in [2.75, 3.05) is 18.5 Å². The highest BCUT2D eigenvalue weighted by Gasteiger charge is 2.51. The predicted molar refractivity (Wildman–Crippen MR) is 121 cm³/mol. The Morgan fingerprint density at radius 2 is 1.84 bits per heavy atom. The Morgan fingerprint density at radius 3 is 2.56 bits per heavy atom. The van der Waals surface area contributed by atoms with Gasteiger partial charge in [-0.15, -0.1) is 0 Å². The van der Waals surface area contributed by atoms with E-state index in [9.17, 15) is 9.59 Å². The molecule has 3 fully saturated rings. The third kappa shape index (κ3) is 3.20. The first kappa shape index (κ1) is 20.4. The van der Waals surface area contributed by atoms with Gasteiger partial charge in [-0.3, -0.25) is 4.79 Å². The number of hydrogen-bond donors (Lipinski definition) is 3. The van der Waals surface area contributed by atoms with Gasteiger partial charge in [0.1, 0.15) is 5.58 Å². The molecule has 1 saturated heterocycles. The fraction of sp³-hybridized carbons (Fsp3) is 0.583. The van der Waals surface area contributed by atoms with Crippen LogP contribution in [-0.2, 0) is 10.3 Å². The Hall–Kier alpha value is -2.25. The lowest BCUT2D eigenvalue weighted by Gasteiger charge is -2.42. The smallest absolute Gasteiger partial charge is 0.319 e. The van der Waals surface area contributed by atoms with Crippen LogP contribution in [0.3, 0.4) is 0 Å². The fourth-order valence-electron chi connectivity index (χ4n) is 6.10. The van der Waals surface area contributed by atoms with Crippen molar-refractivity contribution in [1.29, 1.82) is 0 Å². The second kappa shape index (κ2) is 7.39. The number of hydrogen-bond acceptors (Lipinski definition) is 4. The lowest BCUT2D eigenvalue weighted by molar-refractivity contribution is 0.0471. The van der Waals surface area contributed by atoms with Gasteiger partial charge in [0.25, 0.3) is 5.91 Å². The first-order valence-corrected chi connectivity index (χ1v) is 12.1. The van der Waals surface area contributed by atoms with Gasteiger partial charge in [-0.1, -0.05) is 30.9 Å². The van der Waals surface area contributed by atoms with Crippen LogP contribution in [0.25, 0.3) is 11.0 Å². The highest BCUT2D eigenvalue weighted by Crippen LogP contribution is 2.50. The van der Waals surface area contributed by atoms with E-state index < -0.39 is 5.54 Å². The number of carbonyl (C=O) groups excluding carboxylic acids is 2. The maximum atomic E-state index is 13.2. The van der Waals surface area contributed by atoms with Crippen molar-refractivity contribution in [3.05, 3.63) is 28.5 Å². The van der Waals surface area contributed by atoms with Crippen LogP contribution in [0, 0.1) is 5.92 Å². The summed E-state index contributed by atoms with van der Waals surface area (Å²) in [4.78, 5) is 25.7. The molecule has 2 aromatic rings. The average Bonchev–Trinajstić information content (AvgIpc) is 3.45. The predicted octanol–water partition coefficient (Wildman–Crippen LogP) is 5.07. The molecule has 3 amide bonds. The summed E-state index contributed by atoms with van der Waals surface area (Å²) in [6.07, 6.45) is 8.83. The minimum absolute atomic E-state index is 0.128. The number of halogens is 1. The molecule has 4 aliphatic rings. The Labute approximate surface area is 191 Å². The zero-order valence-corrected chi connectivity index (χ0v) is 18.8. The van der Waals surface area contributed by atoms with Gasteiger partial charge in [0.15, 0.2) is 5.76 Å². The summed E-state index contributed by atoms with van der Waals surface area (Å²) in [7, 11) is 0. The van der Waals surface area contributed by atoms with Crippen molar-refractivity contribution in [2.24, 2.45) is 5.92 Å². The first-order valence-electron chi connectivity index (χ1n) is 11.8. The van der Waals surface area contributed by atoms with E-state index in [2.05, 4.69) is 16.0 Å². The van der Waals surface area contributed by atoms with Gasteiger partial charge in [0, 0.05) is 29.7 Å². The van der Waals surface area contributed by atoms with Crippen LogP contribution < -0.4 is 16.0 Å². The molecule has 2 aliphatic heterocycles. The van der Waals surface area contributed by atoms with E-state index in [1.54, 1.807) is 12.1 Å². The molecular formula is C24H28ClN3O4. The van der Waals surface area contributed by atoms with Gasteiger partial charge in [0.2, 0.25) is 0 Å². The number of rotatable bonds is 3. The normalized spacial score (nSPS) is 24.0. The molecule has 8 heteroatoms. The Morgan fingerprint density at radius 1 is 1.09 bits per heavy atom. The van der Waals surface area contributed by atoms with Crippen LogP contribution in [0.4, 0.5) is 10.5 Å². The third-order valence-electron chi connectivity index (χ3n) is 7.91. The monoisotopic (exact) mass is 457 g/mol. The van der Waals surface area contributed by atoms with Crippen molar-refractivity contribution in [2.45, 2.75) is 68.9 Å². The maximum Gasteiger partial charge on any atom is 0.319 e. The maximum absolute atomic E-state index is 13.2. The summed E-state index contributed by atoms with van der Waals surface area (Å²) in [5.41, 5.74) is 1.48. The first-order chi connectivity index (χ1) is 15.5. The summed E-state index contributed by atoms with van der Waals surface area (Å²) in [5.74, 6) is 0.572. The van der Waals surface area contributed by atoms with Crippen LogP contribution in [0.2, 0.25) is 5.02 Å². The number of ether oxygens (including phenoxy) is 1. The third-order valence-corrected chi connectivity index (χ3v) is 8.21. The number of amides is 3. The van der Waals surface area contributed by atoms with E-state index >= 15 is 0 Å². The molecule has 3 heterocycles. The molecular weight excluding hydrogens is 430 g/mol. The molecule has 2 saturated carbocycles. The number of furan rings is 1. The molecule has 0 bridgehead atoms. The molecule has 0 radical (unpaired) electrons. The molecule has 1 spiro atoms. The van der Waals surface area contributed by atoms with Crippen molar-refractivity contribution in [1.82, 2.24) is 10.6 Å². The van der Waals surface area contributed by atoms with E-state index in [1.165, 1.54) is 0 Å². The summed E-state index contributed by atoms with van der Waals surface area (Å²) in [5, 5.41) is 10.6. The van der Waals surface area contributed by atoms with E-state index in [0.29, 0.717) is 28.0 Å². The molecule has 2 aliphatic carbocycles. The molecule has 1 aromatic heterocycles. The van der Waals surface area contributed by atoms with Gasteiger partial charge in [-0.05, 0) is 56.6 Å². The van der Waals surface area contributed by atoms with E-state index in [4.69, 9.17) is 20.8 Å². The lowest BCUT2D eigenvalue weighted by Crippen LogP contribution is -2.52. The number of anilines is 1. The van der Waals surface area contributed by atoms with Gasteiger partial charge in [-0.2, -0.15) is 0 Å². The summed E-state index contributed by atoms with van der Waals surface area (Å²) in [6.45, 7) is 1.52. The average molecular weight is 458 g/mol. The molecule has 3 N–H and O–H groups in total. The van der Waals surface area contributed by atoms with Gasteiger partial charge in [0.05, 0.1) is 16.2 Å². The largest absolute Gasteiger partial charge is 0.450 e. The topological polar surface area (TPSA) is 92.6 Å². The lowest BCUT2D eigenvalue weighted by atomic mass is 9.74.